The van der Waals surface area contributed by atoms with Gasteiger partial charge in [0.25, 0.3) is 0 Å². The number of aliphatic hydroxyl groups excluding tert-OH is 1. The van der Waals surface area contributed by atoms with Gasteiger partial charge in [0.05, 0.1) is 11.7 Å². The van der Waals surface area contributed by atoms with Gasteiger partial charge in [-0.15, -0.1) is 0 Å². The molecule has 0 radical (unpaired) electrons. The minimum Gasteiger partial charge on any atom is -0.392 e. The Morgan fingerprint density at radius 2 is 2.00 bits per heavy atom. The van der Waals surface area contributed by atoms with Crippen LogP contribution in [0.15, 0.2) is 23.8 Å². The standard InChI is InChI=1S/C24H43NO2/c1-5-6-13-24(2,27)14-10-12-21-22-17-19(16-20(22)18-23(21)26)11-8-7-9-15-25(3)4/h10,12,16,20-23,26-27H,5-9,11,13-15,17-18H2,1-4H3/b12-10+/t20?,21-,22+,23-,24+/m1/s1. The highest BCUT2D eigenvalue weighted by atomic mass is 16.3. The predicted molar refractivity (Wildman–Crippen MR) is 115 cm³/mol. The van der Waals surface area contributed by atoms with Gasteiger partial charge >= 0.3 is 0 Å². The zero-order valence-corrected chi connectivity index (χ0v) is 18.2. The molecule has 2 N–H and O–H groups in total. The Morgan fingerprint density at radius 3 is 2.70 bits per heavy atom. The molecule has 2 rings (SSSR count). The van der Waals surface area contributed by atoms with Crippen LogP contribution >= 0.6 is 0 Å². The van der Waals surface area contributed by atoms with Crippen molar-refractivity contribution < 1.29 is 10.2 Å². The fraction of sp³-hybridized carbons (Fsp3) is 0.833. The number of unbranched alkanes of at least 4 members (excludes halogenated alkanes) is 3. The molecule has 0 aromatic rings. The van der Waals surface area contributed by atoms with Crippen molar-refractivity contribution in [2.75, 3.05) is 20.6 Å². The second-order valence-electron chi connectivity index (χ2n) is 9.58. The van der Waals surface area contributed by atoms with Gasteiger partial charge in [0.2, 0.25) is 0 Å². The van der Waals surface area contributed by atoms with Crippen LogP contribution in [-0.2, 0) is 0 Å². The van der Waals surface area contributed by atoms with Gasteiger partial charge in [0, 0.05) is 5.92 Å². The Hall–Kier alpha value is -0.640. The molecule has 3 heteroatoms. The lowest BCUT2D eigenvalue weighted by molar-refractivity contribution is 0.0513. The van der Waals surface area contributed by atoms with E-state index in [1.807, 2.05) is 6.92 Å². The van der Waals surface area contributed by atoms with Crippen molar-refractivity contribution in [1.29, 1.82) is 0 Å². The zero-order valence-electron chi connectivity index (χ0n) is 18.2. The molecule has 27 heavy (non-hydrogen) atoms. The lowest BCUT2D eigenvalue weighted by Gasteiger charge is -2.22. The van der Waals surface area contributed by atoms with Crippen LogP contribution < -0.4 is 0 Å². The van der Waals surface area contributed by atoms with Gasteiger partial charge in [-0.25, -0.2) is 0 Å². The van der Waals surface area contributed by atoms with Gasteiger partial charge in [-0.2, -0.15) is 0 Å². The maximum absolute atomic E-state index is 10.5. The van der Waals surface area contributed by atoms with Gasteiger partial charge in [-0.1, -0.05) is 50.0 Å². The Bertz CT molecular complexity index is 495. The number of allylic oxidation sites excluding steroid dienone is 2. The normalized spacial score (nSPS) is 30.1. The van der Waals surface area contributed by atoms with Gasteiger partial charge in [0.1, 0.15) is 0 Å². The third kappa shape index (κ3) is 7.36. The maximum Gasteiger partial charge on any atom is 0.0654 e. The van der Waals surface area contributed by atoms with Crippen molar-refractivity contribution in [3.63, 3.8) is 0 Å². The molecule has 1 saturated carbocycles. The molecule has 0 amide bonds. The summed E-state index contributed by atoms with van der Waals surface area (Å²) in [5.41, 5.74) is 1.01. The Labute approximate surface area is 167 Å². The number of hydrogen-bond acceptors (Lipinski definition) is 3. The molecule has 0 spiro atoms. The molecule has 156 valence electrons. The van der Waals surface area contributed by atoms with Crippen molar-refractivity contribution in [3.8, 4) is 0 Å². The van der Waals surface area contributed by atoms with E-state index in [-0.39, 0.29) is 12.0 Å². The molecule has 2 aliphatic carbocycles. The number of aliphatic hydroxyl groups is 2. The van der Waals surface area contributed by atoms with Crippen molar-refractivity contribution in [3.05, 3.63) is 23.8 Å². The molecule has 0 bridgehead atoms. The zero-order chi connectivity index (χ0) is 19.9. The van der Waals surface area contributed by atoms with E-state index in [9.17, 15) is 10.2 Å². The van der Waals surface area contributed by atoms with E-state index < -0.39 is 5.60 Å². The van der Waals surface area contributed by atoms with Gasteiger partial charge in [0.15, 0.2) is 0 Å². The van der Waals surface area contributed by atoms with E-state index in [0.717, 1.165) is 32.1 Å². The summed E-state index contributed by atoms with van der Waals surface area (Å²) in [5, 5.41) is 21.0. The monoisotopic (exact) mass is 377 g/mol. The molecule has 0 aromatic heterocycles. The summed E-state index contributed by atoms with van der Waals surface area (Å²) >= 11 is 0. The number of rotatable bonds is 12. The minimum atomic E-state index is -0.610. The molecule has 0 aliphatic heterocycles. The maximum atomic E-state index is 10.5. The average Bonchev–Trinajstić information content (AvgIpc) is 3.10. The van der Waals surface area contributed by atoms with Crippen LogP contribution in [0.3, 0.4) is 0 Å². The summed E-state index contributed by atoms with van der Waals surface area (Å²) in [5.74, 6) is 1.40. The molecule has 1 fully saturated rings. The highest BCUT2D eigenvalue weighted by molar-refractivity contribution is 5.20. The van der Waals surface area contributed by atoms with Crippen molar-refractivity contribution in [1.82, 2.24) is 4.90 Å². The Kier molecular flexibility index (Phi) is 9.04. The van der Waals surface area contributed by atoms with Crippen LogP contribution in [0, 0.1) is 17.8 Å². The van der Waals surface area contributed by atoms with E-state index in [2.05, 4.69) is 44.1 Å². The largest absolute Gasteiger partial charge is 0.392 e. The fourth-order valence-electron chi connectivity index (χ4n) is 4.89. The smallest absolute Gasteiger partial charge is 0.0654 e. The Balaban J connectivity index is 1.77. The number of hydrogen-bond donors (Lipinski definition) is 2. The molecule has 1 unspecified atom stereocenters. The first-order chi connectivity index (χ1) is 12.8. The van der Waals surface area contributed by atoms with E-state index in [1.165, 1.54) is 32.2 Å². The van der Waals surface area contributed by atoms with Crippen LogP contribution in [0.2, 0.25) is 0 Å². The van der Waals surface area contributed by atoms with Crippen LogP contribution in [-0.4, -0.2) is 47.5 Å². The summed E-state index contributed by atoms with van der Waals surface area (Å²) in [6.07, 6.45) is 17.5. The molecular weight excluding hydrogens is 334 g/mol. The first-order valence-electron chi connectivity index (χ1n) is 11.2. The number of fused-ring (bicyclic) bond motifs is 1. The van der Waals surface area contributed by atoms with E-state index in [4.69, 9.17) is 0 Å². The van der Waals surface area contributed by atoms with Crippen LogP contribution in [0.4, 0.5) is 0 Å². The summed E-state index contributed by atoms with van der Waals surface area (Å²) < 4.78 is 0. The molecule has 2 aliphatic rings. The van der Waals surface area contributed by atoms with E-state index >= 15 is 0 Å². The third-order valence-electron chi connectivity index (χ3n) is 6.54. The Morgan fingerprint density at radius 1 is 1.22 bits per heavy atom. The topological polar surface area (TPSA) is 43.7 Å². The summed E-state index contributed by atoms with van der Waals surface area (Å²) in [6.45, 7) is 5.28. The summed E-state index contributed by atoms with van der Waals surface area (Å²) in [4.78, 5) is 2.26. The summed E-state index contributed by atoms with van der Waals surface area (Å²) in [7, 11) is 4.28. The van der Waals surface area contributed by atoms with E-state index in [0.29, 0.717) is 18.3 Å². The molecular formula is C24H43NO2. The minimum absolute atomic E-state index is 0.213. The van der Waals surface area contributed by atoms with Crippen LogP contribution in [0.25, 0.3) is 0 Å². The van der Waals surface area contributed by atoms with Crippen LogP contribution in [0.1, 0.15) is 78.1 Å². The second-order valence-corrected chi connectivity index (χ2v) is 9.58. The quantitative estimate of drug-likeness (QED) is 0.374. The van der Waals surface area contributed by atoms with Crippen molar-refractivity contribution in [2.24, 2.45) is 17.8 Å². The summed E-state index contributed by atoms with van der Waals surface area (Å²) in [6, 6.07) is 0. The fourth-order valence-corrected chi connectivity index (χ4v) is 4.89. The molecule has 5 atom stereocenters. The van der Waals surface area contributed by atoms with Crippen LogP contribution in [0.5, 0.6) is 0 Å². The first-order valence-corrected chi connectivity index (χ1v) is 11.2. The predicted octanol–water partition coefficient (Wildman–Crippen LogP) is 4.94. The van der Waals surface area contributed by atoms with Crippen molar-refractivity contribution in [2.45, 2.75) is 89.8 Å². The first kappa shape index (κ1) is 22.6. The highest BCUT2D eigenvalue weighted by Crippen LogP contribution is 2.48. The SMILES string of the molecule is CCCC[C@](C)(O)C/C=C/[C@H]1[C@H](O)CC2C=C(CCCCCN(C)C)C[C@@H]21. The molecule has 0 saturated heterocycles. The highest BCUT2D eigenvalue weighted by Gasteiger charge is 2.43. The lowest BCUT2D eigenvalue weighted by Crippen LogP contribution is -2.23. The molecule has 0 aromatic carbocycles. The van der Waals surface area contributed by atoms with E-state index in [1.54, 1.807) is 5.57 Å². The second kappa shape index (κ2) is 10.8. The van der Waals surface area contributed by atoms with Gasteiger partial charge in [-0.05, 0) is 84.3 Å². The molecule has 3 nitrogen and oxygen atoms in total. The average molecular weight is 378 g/mol. The molecule has 0 heterocycles. The lowest BCUT2D eigenvalue weighted by atomic mass is 9.87. The number of nitrogens with zero attached hydrogens (tertiary/aromatic N) is 1. The van der Waals surface area contributed by atoms with Gasteiger partial charge < -0.3 is 15.1 Å². The van der Waals surface area contributed by atoms with Crippen molar-refractivity contribution >= 4 is 0 Å². The van der Waals surface area contributed by atoms with Gasteiger partial charge in [-0.3, -0.25) is 0 Å². The third-order valence-corrected chi connectivity index (χ3v) is 6.54.